The number of aryl methyl sites for hydroxylation is 1. The van der Waals surface area contributed by atoms with Gasteiger partial charge < -0.3 is 14.4 Å². The lowest BCUT2D eigenvalue weighted by molar-refractivity contribution is -0.385. The van der Waals surface area contributed by atoms with Gasteiger partial charge >= 0.3 is 5.97 Å². The van der Waals surface area contributed by atoms with Gasteiger partial charge in [0.25, 0.3) is 5.69 Å². The molecule has 1 fully saturated rings. The zero-order valence-electron chi connectivity index (χ0n) is 13.9. The topological polar surface area (TPSA) is 81.9 Å². The van der Waals surface area contributed by atoms with E-state index in [-0.39, 0.29) is 16.9 Å². The van der Waals surface area contributed by atoms with Crippen molar-refractivity contribution in [3.05, 3.63) is 33.4 Å². The fraction of sp³-hybridized carbons (Fsp3) is 0.562. The molecule has 1 aliphatic heterocycles. The van der Waals surface area contributed by atoms with E-state index in [0.717, 1.165) is 12.1 Å². The number of esters is 1. The van der Waals surface area contributed by atoms with Crippen molar-refractivity contribution in [2.45, 2.75) is 32.8 Å². The van der Waals surface area contributed by atoms with Gasteiger partial charge in [0.2, 0.25) is 0 Å². The standard InChI is InChI=1S/C16H22N2O5/c1-5-16(3)10-17(6-7-23-16)12-8-11(2)14(18(20)21)13(9-12)15(19)22-4/h8-9H,5-7,10H2,1-4H3. The lowest BCUT2D eigenvalue weighted by Crippen LogP contribution is -2.49. The number of hydrogen-bond donors (Lipinski definition) is 0. The monoisotopic (exact) mass is 322 g/mol. The normalized spacial score (nSPS) is 21.1. The molecule has 126 valence electrons. The first-order valence-electron chi connectivity index (χ1n) is 7.57. The molecule has 0 saturated carbocycles. The highest BCUT2D eigenvalue weighted by atomic mass is 16.6. The van der Waals surface area contributed by atoms with Gasteiger partial charge in [0.15, 0.2) is 0 Å². The minimum absolute atomic E-state index is 0.0165. The van der Waals surface area contributed by atoms with E-state index in [2.05, 4.69) is 11.8 Å². The second-order valence-electron chi connectivity index (χ2n) is 5.98. The lowest BCUT2D eigenvalue weighted by atomic mass is 9.99. The molecule has 2 rings (SSSR count). The highest BCUT2D eigenvalue weighted by Crippen LogP contribution is 2.32. The van der Waals surface area contributed by atoms with Gasteiger partial charge in [-0.05, 0) is 32.4 Å². The first-order valence-corrected chi connectivity index (χ1v) is 7.57. The zero-order chi connectivity index (χ0) is 17.2. The molecule has 23 heavy (non-hydrogen) atoms. The molecule has 1 atom stereocenters. The zero-order valence-corrected chi connectivity index (χ0v) is 13.9. The molecule has 1 aliphatic rings. The number of anilines is 1. The summed E-state index contributed by atoms with van der Waals surface area (Å²) in [6.07, 6.45) is 0.860. The molecular weight excluding hydrogens is 300 g/mol. The number of methoxy groups -OCH3 is 1. The van der Waals surface area contributed by atoms with Crippen LogP contribution >= 0.6 is 0 Å². The second-order valence-corrected chi connectivity index (χ2v) is 5.98. The number of ether oxygens (including phenoxy) is 2. The third kappa shape index (κ3) is 3.44. The van der Waals surface area contributed by atoms with Gasteiger partial charge in [-0.1, -0.05) is 6.92 Å². The van der Waals surface area contributed by atoms with Gasteiger partial charge in [-0.25, -0.2) is 4.79 Å². The molecule has 0 amide bonds. The predicted octanol–water partition coefficient (Wildman–Crippen LogP) is 2.70. The Morgan fingerprint density at radius 2 is 2.22 bits per heavy atom. The Morgan fingerprint density at radius 1 is 1.52 bits per heavy atom. The van der Waals surface area contributed by atoms with Crippen LogP contribution in [0.5, 0.6) is 0 Å². The van der Waals surface area contributed by atoms with Crippen LogP contribution in [0.3, 0.4) is 0 Å². The van der Waals surface area contributed by atoms with E-state index in [9.17, 15) is 14.9 Å². The molecule has 0 N–H and O–H groups in total. The van der Waals surface area contributed by atoms with Crippen molar-refractivity contribution in [3.8, 4) is 0 Å². The largest absolute Gasteiger partial charge is 0.465 e. The third-order valence-corrected chi connectivity index (χ3v) is 4.32. The highest BCUT2D eigenvalue weighted by Gasteiger charge is 2.32. The summed E-state index contributed by atoms with van der Waals surface area (Å²) in [6.45, 7) is 7.65. The van der Waals surface area contributed by atoms with Gasteiger partial charge in [-0.3, -0.25) is 10.1 Å². The number of hydrogen-bond acceptors (Lipinski definition) is 6. The molecule has 1 saturated heterocycles. The number of nitrogens with zero attached hydrogens (tertiary/aromatic N) is 2. The number of carbonyl (C=O) groups is 1. The maximum atomic E-state index is 11.9. The summed E-state index contributed by atoms with van der Waals surface area (Å²) < 4.78 is 10.5. The molecule has 1 aromatic carbocycles. The number of benzene rings is 1. The Kier molecular flexibility index (Phi) is 4.89. The Morgan fingerprint density at radius 3 is 2.78 bits per heavy atom. The number of nitro groups is 1. The SMILES string of the molecule is CCC1(C)CN(c2cc(C)c([N+](=O)[O-])c(C(=O)OC)c2)CCO1. The number of carbonyl (C=O) groups excluding carboxylic acids is 1. The number of rotatable bonds is 4. The van der Waals surface area contributed by atoms with Crippen LogP contribution in [-0.4, -0.2) is 43.3 Å². The second kappa shape index (κ2) is 6.54. The molecule has 1 aromatic rings. The molecule has 1 unspecified atom stereocenters. The third-order valence-electron chi connectivity index (χ3n) is 4.32. The van der Waals surface area contributed by atoms with Gasteiger partial charge in [-0.15, -0.1) is 0 Å². The van der Waals surface area contributed by atoms with Gasteiger partial charge in [0.05, 0.1) is 24.2 Å². The Balaban J connectivity index is 2.46. The van der Waals surface area contributed by atoms with Crippen LogP contribution in [0.1, 0.15) is 36.2 Å². The fourth-order valence-corrected chi connectivity index (χ4v) is 2.82. The van der Waals surface area contributed by atoms with Crippen LogP contribution in [0.2, 0.25) is 0 Å². The maximum absolute atomic E-state index is 11.9. The number of morpholine rings is 1. The maximum Gasteiger partial charge on any atom is 0.344 e. The molecule has 0 aromatic heterocycles. The molecule has 1 heterocycles. The summed E-state index contributed by atoms with van der Waals surface area (Å²) in [5.74, 6) is -0.701. The molecule has 0 aliphatic carbocycles. The summed E-state index contributed by atoms with van der Waals surface area (Å²) in [4.78, 5) is 24.8. The molecule has 0 radical (unpaired) electrons. The van der Waals surface area contributed by atoms with Gasteiger partial charge in [0, 0.05) is 24.3 Å². The quantitative estimate of drug-likeness (QED) is 0.481. The Bertz CT molecular complexity index is 631. The molecule has 0 spiro atoms. The van der Waals surface area contributed by atoms with Crippen molar-refractivity contribution in [3.63, 3.8) is 0 Å². The van der Waals surface area contributed by atoms with Crippen molar-refractivity contribution in [1.82, 2.24) is 0 Å². The van der Waals surface area contributed by atoms with E-state index in [1.807, 2.05) is 6.92 Å². The Hall–Kier alpha value is -2.15. The van der Waals surface area contributed by atoms with Crippen molar-refractivity contribution in [2.75, 3.05) is 31.7 Å². The van der Waals surface area contributed by atoms with Crippen molar-refractivity contribution < 1.29 is 19.2 Å². The number of nitro benzene ring substituents is 1. The van der Waals surface area contributed by atoms with Crippen LogP contribution in [0, 0.1) is 17.0 Å². The van der Waals surface area contributed by atoms with Crippen LogP contribution in [0.15, 0.2) is 12.1 Å². The van der Waals surface area contributed by atoms with E-state index >= 15 is 0 Å². The summed E-state index contributed by atoms with van der Waals surface area (Å²) in [5, 5.41) is 11.3. The first-order chi connectivity index (χ1) is 10.8. The summed E-state index contributed by atoms with van der Waals surface area (Å²) in [7, 11) is 1.22. The van der Waals surface area contributed by atoms with E-state index in [1.165, 1.54) is 7.11 Å². The molecule has 7 nitrogen and oxygen atoms in total. The van der Waals surface area contributed by atoms with Gasteiger partial charge in [0.1, 0.15) is 5.56 Å². The van der Waals surface area contributed by atoms with Crippen molar-refractivity contribution >= 4 is 17.3 Å². The smallest absolute Gasteiger partial charge is 0.344 e. The molecule has 0 bridgehead atoms. The van der Waals surface area contributed by atoms with Crippen LogP contribution in [0.25, 0.3) is 0 Å². The van der Waals surface area contributed by atoms with Crippen LogP contribution in [-0.2, 0) is 9.47 Å². The van der Waals surface area contributed by atoms with E-state index in [4.69, 9.17) is 9.47 Å². The van der Waals surface area contributed by atoms with E-state index in [0.29, 0.717) is 25.3 Å². The molecule has 7 heteroatoms. The minimum Gasteiger partial charge on any atom is -0.465 e. The minimum atomic E-state index is -0.701. The van der Waals surface area contributed by atoms with Crippen LogP contribution in [0.4, 0.5) is 11.4 Å². The van der Waals surface area contributed by atoms with Crippen LogP contribution < -0.4 is 4.90 Å². The van der Waals surface area contributed by atoms with Gasteiger partial charge in [-0.2, -0.15) is 0 Å². The summed E-state index contributed by atoms with van der Waals surface area (Å²) in [6, 6.07) is 3.28. The summed E-state index contributed by atoms with van der Waals surface area (Å²) in [5.41, 5.74) is 0.734. The fourth-order valence-electron chi connectivity index (χ4n) is 2.82. The predicted molar refractivity (Wildman–Crippen MR) is 86.0 cm³/mol. The molecular formula is C16H22N2O5. The first kappa shape index (κ1) is 17.2. The average Bonchev–Trinajstić information content (AvgIpc) is 2.53. The summed E-state index contributed by atoms with van der Waals surface area (Å²) >= 11 is 0. The van der Waals surface area contributed by atoms with Crippen molar-refractivity contribution in [2.24, 2.45) is 0 Å². The van der Waals surface area contributed by atoms with E-state index in [1.54, 1.807) is 19.1 Å². The Labute approximate surface area is 135 Å². The van der Waals surface area contributed by atoms with E-state index < -0.39 is 10.9 Å². The average molecular weight is 322 g/mol. The lowest BCUT2D eigenvalue weighted by Gasteiger charge is -2.41. The van der Waals surface area contributed by atoms with Crippen molar-refractivity contribution in [1.29, 1.82) is 0 Å². The highest BCUT2D eigenvalue weighted by molar-refractivity contribution is 5.95.